The van der Waals surface area contributed by atoms with Crippen LogP contribution in [0.5, 0.6) is 0 Å². The first-order chi connectivity index (χ1) is 18.2. The number of ether oxygens (including phenoxy) is 1. The van der Waals surface area contributed by atoms with Gasteiger partial charge in [0.25, 0.3) is 12.3 Å². The van der Waals surface area contributed by atoms with Crippen LogP contribution in [0.1, 0.15) is 62.3 Å². The molecule has 4 rings (SSSR count). The summed E-state index contributed by atoms with van der Waals surface area (Å²) in [7, 11) is 0. The lowest BCUT2D eigenvalue weighted by Crippen LogP contribution is -2.50. The third kappa shape index (κ3) is 5.86. The summed E-state index contributed by atoms with van der Waals surface area (Å²) >= 11 is 0. The van der Waals surface area contributed by atoms with E-state index < -0.39 is 48.4 Å². The molecule has 3 heterocycles. The van der Waals surface area contributed by atoms with Gasteiger partial charge in [-0.3, -0.25) is 4.79 Å². The number of nitrogens with zero attached hydrogens (tertiary/aromatic N) is 4. The van der Waals surface area contributed by atoms with Crippen LogP contribution in [0.4, 0.5) is 22.4 Å². The number of halogens is 4. The lowest BCUT2D eigenvalue weighted by atomic mass is 9.89. The second-order valence-electron chi connectivity index (χ2n) is 11.1. The summed E-state index contributed by atoms with van der Waals surface area (Å²) in [5.74, 6) is -2.07. The van der Waals surface area contributed by atoms with E-state index in [0.29, 0.717) is 18.9 Å². The van der Waals surface area contributed by atoms with Crippen LogP contribution in [0.15, 0.2) is 30.5 Å². The van der Waals surface area contributed by atoms with Crippen LogP contribution in [0.2, 0.25) is 0 Å². The van der Waals surface area contributed by atoms with Crippen molar-refractivity contribution in [3.63, 3.8) is 0 Å². The van der Waals surface area contributed by atoms with E-state index >= 15 is 4.39 Å². The van der Waals surface area contributed by atoms with Crippen molar-refractivity contribution in [2.75, 3.05) is 19.6 Å². The Morgan fingerprint density at radius 3 is 2.38 bits per heavy atom. The lowest BCUT2D eigenvalue weighted by molar-refractivity contribution is 0.00815. The van der Waals surface area contributed by atoms with E-state index in [-0.39, 0.29) is 28.1 Å². The maximum Gasteiger partial charge on any atom is 0.410 e. The first kappa shape index (κ1) is 28.4. The minimum absolute atomic E-state index is 0.0742. The molecule has 1 saturated heterocycles. The van der Waals surface area contributed by atoms with E-state index in [4.69, 9.17) is 4.74 Å². The Morgan fingerprint density at radius 1 is 1.13 bits per heavy atom. The van der Waals surface area contributed by atoms with Gasteiger partial charge in [-0.05, 0) is 70.9 Å². The highest BCUT2D eigenvalue weighted by Gasteiger charge is 2.36. The van der Waals surface area contributed by atoms with Gasteiger partial charge in [0.15, 0.2) is 0 Å². The van der Waals surface area contributed by atoms with Gasteiger partial charge in [-0.15, -0.1) is 0 Å². The molecule has 0 aliphatic carbocycles. The maximum absolute atomic E-state index is 15.1. The summed E-state index contributed by atoms with van der Waals surface area (Å²) in [6, 6.07) is 4.57. The van der Waals surface area contributed by atoms with Crippen LogP contribution in [0.3, 0.4) is 0 Å². The Labute approximate surface area is 224 Å². The number of amides is 2. The number of carbonyl (C=O) groups is 2. The number of imidazole rings is 1. The van der Waals surface area contributed by atoms with E-state index in [1.165, 1.54) is 6.07 Å². The number of benzene rings is 1. The lowest BCUT2D eigenvalue weighted by Gasteiger charge is -2.40. The van der Waals surface area contributed by atoms with Gasteiger partial charge in [0.1, 0.15) is 22.8 Å². The van der Waals surface area contributed by atoms with Crippen LogP contribution in [-0.2, 0) is 4.74 Å². The topological polar surface area (TPSA) is 67.2 Å². The molecular formula is C28H32F4N4O3. The molecule has 3 aromatic rings. The summed E-state index contributed by atoms with van der Waals surface area (Å²) in [5, 5.41) is 0. The van der Waals surface area contributed by atoms with Crippen molar-refractivity contribution in [1.82, 2.24) is 19.2 Å². The van der Waals surface area contributed by atoms with Crippen LogP contribution in [0.25, 0.3) is 16.6 Å². The maximum atomic E-state index is 15.1. The van der Waals surface area contributed by atoms with Gasteiger partial charge < -0.3 is 18.9 Å². The van der Waals surface area contributed by atoms with Gasteiger partial charge in [-0.2, -0.15) is 4.39 Å². The molecular weight excluding hydrogens is 516 g/mol. The van der Waals surface area contributed by atoms with E-state index in [1.54, 1.807) is 63.1 Å². The van der Waals surface area contributed by atoms with Gasteiger partial charge in [0.2, 0.25) is 5.95 Å². The van der Waals surface area contributed by atoms with Gasteiger partial charge in [0.05, 0.1) is 12.1 Å². The molecule has 0 atom stereocenters. The highest BCUT2D eigenvalue weighted by Crippen LogP contribution is 2.37. The molecule has 0 saturated carbocycles. The summed E-state index contributed by atoms with van der Waals surface area (Å²) in [4.78, 5) is 32.4. The van der Waals surface area contributed by atoms with Crippen molar-refractivity contribution in [3.8, 4) is 11.1 Å². The molecule has 2 aromatic heterocycles. The molecule has 39 heavy (non-hydrogen) atoms. The molecule has 11 heteroatoms. The number of carbonyl (C=O) groups excluding carboxylic acids is 2. The first-order valence-corrected chi connectivity index (χ1v) is 12.7. The van der Waals surface area contributed by atoms with E-state index in [2.05, 4.69) is 4.98 Å². The Kier molecular flexibility index (Phi) is 7.64. The molecule has 0 unspecified atom stereocenters. The average Bonchev–Trinajstić information content (AvgIpc) is 3.07. The molecule has 0 spiro atoms. The largest absolute Gasteiger partial charge is 0.444 e. The van der Waals surface area contributed by atoms with Crippen LogP contribution in [-0.4, -0.2) is 68.9 Å². The van der Waals surface area contributed by atoms with Crippen molar-refractivity contribution >= 4 is 17.5 Å². The van der Waals surface area contributed by atoms with Crippen LogP contribution < -0.4 is 0 Å². The number of fused-ring (bicyclic) bond motifs is 1. The third-order valence-electron chi connectivity index (χ3n) is 6.61. The minimum atomic E-state index is -2.79. The molecule has 1 aliphatic rings. The fourth-order valence-electron chi connectivity index (χ4n) is 4.68. The number of hydrogen-bond donors (Lipinski definition) is 0. The molecule has 1 aromatic carbocycles. The summed E-state index contributed by atoms with van der Waals surface area (Å²) in [5.41, 5.74) is 0.477. The Morgan fingerprint density at radius 2 is 1.79 bits per heavy atom. The van der Waals surface area contributed by atoms with Crippen LogP contribution >= 0.6 is 0 Å². The predicted molar refractivity (Wildman–Crippen MR) is 138 cm³/mol. The fourth-order valence-corrected chi connectivity index (χ4v) is 4.68. The van der Waals surface area contributed by atoms with Gasteiger partial charge in [-0.1, -0.05) is 6.07 Å². The van der Waals surface area contributed by atoms with E-state index in [0.717, 1.165) is 22.6 Å². The number of pyridine rings is 1. The van der Waals surface area contributed by atoms with Crippen molar-refractivity contribution in [3.05, 3.63) is 59.2 Å². The summed E-state index contributed by atoms with van der Waals surface area (Å²) < 4.78 is 63.1. The quantitative estimate of drug-likeness (QED) is 0.353. The van der Waals surface area contributed by atoms with Gasteiger partial charge >= 0.3 is 6.09 Å². The number of hydrogen-bond acceptors (Lipinski definition) is 4. The van der Waals surface area contributed by atoms with E-state index in [1.807, 2.05) is 0 Å². The zero-order chi connectivity index (χ0) is 28.8. The number of aryl methyl sites for hydroxylation is 1. The average molecular weight is 549 g/mol. The second-order valence-corrected chi connectivity index (χ2v) is 11.1. The first-order valence-electron chi connectivity index (χ1n) is 12.7. The predicted octanol–water partition coefficient (Wildman–Crippen LogP) is 6.04. The number of likely N-dealkylation sites (tertiary alicyclic amines) is 1. The summed E-state index contributed by atoms with van der Waals surface area (Å²) in [6.07, 6.45) is -1.50. The molecule has 0 N–H and O–H groups in total. The van der Waals surface area contributed by atoms with Gasteiger partial charge in [0, 0.05) is 36.8 Å². The molecule has 1 fully saturated rings. The molecule has 2 amide bonds. The van der Waals surface area contributed by atoms with Crippen LogP contribution in [0, 0.1) is 18.7 Å². The third-order valence-corrected chi connectivity index (χ3v) is 6.61. The minimum Gasteiger partial charge on any atom is -0.444 e. The highest BCUT2D eigenvalue weighted by atomic mass is 19.3. The number of rotatable bonds is 6. The molecule has 1 aliphatic heterocycles. The standard InChI is InChI=1S/C28H32F4N4O3/c1-15(2)35(14-23(30)31)26(37)22-10-19(29)7-8-20(22)21-9-17(13-36-16(3)33-25(32)24(21)36)18-11-34(12-18)27(38)39-28(4,5)6/h7-10,13,15,18,23H,11-12,14H2,1-6H3. The van der Waals surface area contributed by atoms with Crippen molar-refractivity contribution in [2.24, 2.45) is 0 Å². The summed E-state index contributed by atoms with van der Waals surface area (Å²) in [6.45, 7) is 10.0. The number of alkyl halides is 2. The van der Waals surface area contributed by atoms with E-state index in [9.17, 15) is 22.8 Å². The van der Waals surface area contributed by atoms with Gasteiger partial charge in [-0.25, -0.2) is 22.9 Å². The zero-order valence-corrected chi connectivity index (χ0v) is 22.8. The molecule has 0 bridgehead atoms. The Bertz CT molecular complexity index is 1410. The Balaban J connectivity index is 1.79. The second kappa shape index (κ2) is 10.5. The molecule has 0 radical (unpaired) electrons. The van der Waals surface area contributed by atoms with Crippen molar-refractivity contribution in [1.29, 1.82) is 0 Å². The number of aromatic nitrogens is 2. The van der Waals surface area contributed by atoms with Crippen molar-refractivity contribution < 1.29 is 31.9 Å². The highest BCUT2D eigenvalue weighted by molar-refractivity contribution is 6.03. The SMILES string of the molecule is Cc1nc(F)c2c(-c3ccc(F)cc3C(=O)N(CC(F)F)C(C)C)cc(C3CN(C(=O)OC(C)(C)C)C3)cn12. The van der Waals surface area contributed by atoms with Crippen molar-refractivity contribution in [2.45, 2.75) is 65.5 Å². The Hall–Kier alpha value is -3.63. The smallest absolute Gasteiger partial charge is 0.410 e. The fraction of sp³-hybridized carbons (Fsp3) is 0.464. The normalized spacial score (nSPS) is 14.3. The monoisotopic (exact) mass is 548 g/mol. The zero-order valence-electron chi connectivity index (χ0n) is 22.8. The molecule has 7 nitrogen and oxygen atoms in total. The molecule has 210 valence electrons.